The van der Waals surface area contributed by atoms with Crippen molar-refractivity contribution in [3.05, 3.63) is 23.8 Å². The van der Waals surface area contributed by atoms with Crippen LogP contribution in [0.25, 0.3) is 0 Å². The lowest BCUT2D eigenvalue weighted by Crippen LogP contribution is -3.00. The van der Waals surface area contributed by atoms with E-state index in [-0.39, 0.29) is 17.0 Å². The third-order valence-electron chi connectivity index (χ3n) is 5.09. The molecule has 0 N–H and O–H groups in total. The molecular weight excluding hydrogens is 298 g/mol. The fourth-order valence-electron chi connectivity index (χ4n) is 2.78. The lowest BCUT2D eigenvalue weighted by molar-refractivity contribution is -0.904. The Morgan fingerprint density at radius 1 is 1.42 bits per heavy atom. The van der Waals surface area contributed by atoms with Crippen LogP contribution in [0.1, 0.15) is 47.5 Å². The van der Waals surface area contributed by atoms with Crippen LogP contribution in [0.15, 0.2) is 23.8 Å². The van der Waals surface area contributed by atoms with Crippen LogP contribution in [-0.4, -0.2) is 31.2 Å². The predicted octanol–water partition coefficient (Wildman–Crippen LogP) is 1.41. The first-order chi connectivity index (χ1) is 8.20. The number of hydrogen-bond acceptors (Lipinski definition) is 0. The van der Waals surface area contributed by atoms with E-state index in [1.165, 1.54) is 19.4 Å². The maximum atomic E-state index is 2.46. The number of rotatable bonds is 4. The second-order valence-electron chi connectivity index (χ2n) is 7.17. The Kier molecular flexibility index (Phi) is 7.05. The van der Waals surface area contributed by atoms with Crippen molar-refractivity contribution < 1.29 is 21.5 Å². The van der Waals surface area contributed by atoms with Gasteiger partial charge in [-0.15, -0.1) is 0 Å². The Morgan fingerprint density at radius 3 is 2.47 bits per heavy atom. The largest absolute Gasteiger partial charge is 1.00 e. The van der Waals surface area contributed by atoms with Crippen molar-refractivity contribution in [2.75, 3.05) is 20.6 Å². The lowest BCUT2D eigenvalue weighted by atomic mass is 9.68. The van der Waals surface area contributed by atoms with Crippen LogP contribution in [0.2, 0.25) is 0 Å². The average Bonchev–Trinajstić information content (AvgIpc) is 2.27. The summed E-state index contributed by atoms with van der Waals surface area (Å²) in [5, 5.41) is 0. The van der Waals surface area contributed by atoms with Crippen LogP contribution in [0, 0.1) is 11.3 Å². The molecule has 1 rings (SSSR count). The van der Waals surface area contributed by atoms with E-state index < -0.39 is 0 Å². The molecule has 0 amide bonds. The first kappa shape index (κ1) is 18.9. The molecule has 0 saturated carbocycles. The zero-order valence-corrected chi connectivity index (χ0v) is 15.4. The highest BCUT2D eigenvalue weighted by atomic mass is 79.9. The maximum Gasteiger partial charge on any atom is 0.104 e. The summed E-state index contributed by atoms with van der Waals surface area (Å²) < 4.78 is 1.06. The second-order valence-corrected chi connectivity index (χ2v) is 7.17. The molecule has 0 radical (unpaired) electrons. The minimum absolute atomic E-state index is 0. The van der Waals surface area contributed by atoms with E-state index in [4.69, 9.17) is 0 Å². The molecule has 0 aromatic carbocycles. The minimum Gasteiger partial charge on any atom is -1.00 e. The van der Waals surface area contributed by atoms with E-state index in [9.17, 15) is 0 Å². The van der Waals surface area contributed by atoms with Crippen LogP contribution in [-0.2, 0) is 0 Å². The predicted molar refractivity (Wildman–Crippen MR) is 81.5 cm³/mol. The van der Waals surface area contributed by atoms with Gasteiger partial charge in [0.1, 0.15) is 6.04 Å². The van der Waals surface area contributed by atoms with E-state index >= 15 is 0 Å². The smallest absolute Gasteiger partial charge is 0.104 e. The Labute approximate surface area is 131 Å². The van der Waals surface area contributed by atoms with Crippen molar-refractivity contribution in [2.45, 2.75) is 53.5 Å². The van der Waals surface area contributed by atoms with E-state index in [1.807, 2.05) is 0 Å². The van der Waals surface area contributed by atoms with Gasteiger partial charge in [-0.05, 0) is 45.1 Å². The van der Waals surface area contributed by atoms with Gasteiger partial charge in [0.25, 0.3) is 0 Å². The van der Waals surface area contributed by atoms with Gasteiger partial charge in [-0.2, -0.15) is 0 Å². The van der Waals surface area contributed by atoms with Gasteiger partial charge in [0.15, 0.2) is 0 Å². The van der Waals surface area contributed by atoms with Crippen LogP contribution >= 0.6 is 0 Å². The molecule has 112 valence electrons. The fraction of sp³-hybridized carbons (Fsp3) is 0.765. The summed E-state index contributed by atoms with van der Waals surface area (Å²) in [4.78, 5) is 0. The molecule has 0 saturated heterocycles. The second kappa shape index (κ2) is 7.08. The quantitative estimate of drug-likeness (QED) is 0.540. The van der Waals surface area contributed by atoms with Gasteiger partial charge in [0.05, 0.1) is 20.6 Å². The molecule has 0 aliphatic heterocycles. The van der Waals surface area contributed by atoms with Crippen LogP contribution < -0.4 is 17.0 Å². The summed E-state index contributed by atoms with van der Waals surface area (Å²) in [7, 11) is 4.62. The summed E-state index contributed by atoms with van der Waals surface area (Å²) >= 11 is 0. The molecule has 0 aromatic heterocycles. The van der Waals surface area contributed by atoms with Crippen molar-refractivity contribution >= 4 is 0 Å². The Balaban J connectivity index is 0.00000324. The molecule has 1 aliphatic rings. The van der Waals surface area contributed by atoms with Crippen molar-refractivity contribution in [3.63, 3.8) is 0 Å². The highest BCUT2D eigenvalue weighted by Crippen LogP contribution is 2.41. The zero-order valence-electron chi connectivity index (χ0n) is 13.8. The highest BCUT2D eigenvalue weighted by molar-refractivity contribution is 5.19. The molecule has 0 aromatic rings. The standard InChI is InChI=1S/C17H32N.BrH/c1-8-18(6,7)15(3)11-12-16-14(2)10-9-13-17(16,4)5;/h10-12,15-16H,8-9,13H2,1-7H3;1H/q+1;/p-1/b12-11+;. The lowest BCUT2D eigenvalue weighted by Gasteiger charge is -2.38. The van der Waals surface area contributed by atoms with Crippen LogP contribution in [0.5, 0.6) is 0 Å². The van der Waals surface area contributed by atoms with Gasteiger partial charge in [0, 0.05) is 5.92 Å². The van der Waals surface area contributed by atoms with Crippen LogP contribution in [0.3, 0.4) is 0 Å². The molecule has 1 aliphatic carbocycles. The summed E-state index contributed by atoms with van der Waals surface area (Å²) in [6, 6.07) is 0.584. The van der Waals surface area contributed by atoms with Crippen molar-refractivity contribution in [1.29, 1.82) is 0 Å². The average molecular weight is 330 g/mol. The highest BCUT2D eigenvalue weighted by Gasteiger charge is 2.31. The summed E-state index contributed by atoms with van der Waals surface area (Å²) in [5.41, 5.74) is 1.97. The molecule has 0 spiro atoms. The topological polar surface area (TPSA) is 0 Å². The first-order valence-corrected chi connectivity index (χ1v) is 7.38. The maximum absolute atomic E-state index is 2.46. The molecule has 1 nitrogen and oxygen atoms in total. The first-order valence-electron chi connectivity index (χ1n) is 7.38. The normalized spacial score (nSPS) is 24.8. The van der Waals surface area contributed by atoms with Gasteiger partial charge < -0.3 is 21.5 Å². The number of allylic oxidation sites excluding steroid dienone is 3. The third kappa shape index (κ3) is 4.75. The minimum atomic E-state index is 0. The SMILES string of the molecule is CC[N+](C)(C)C(C)/C=C/C1C(C)=CCCC1(C)C.[Br-]. The Bertz CT molecular complexity index is 339. The van der Waals surface area contributed by atoms with Gasteiger partial charge in [-0.1, -0.05) is 31.6 Å². The molecule has 0 fully saturated rings. The number of halogens is 1. The fourth-order valence-corrected chi connectivity index (χ4v) is 2.78. The molecule has 2 heteroatoms. The molecule has 19 heavy (non-hydrogen) atoms. The van der Waals surface area contributed by atoms with Crippen molar-refractivity contribution in [3.8, 4) is 0 Å². The number of quaternary nitrogens is 1. The van der Waals surface area contributed by atoms with Gasteiger partial charge in [0.2, 0.25) is 0 Å². The van der Waals surface area contributed by atoms with E-state index in [0.29, 0.717) is 17.4 Å². The number of nitrogens with zero attached hydrogens (tertiary/aromatic N) is 1. The van der Waals surface area contributed by atoms with Gasteiger partial charge in [-0.3, -0.25) is 0 Å². The van der Waals surface area contributed by atoms with E-state index in [0.717, 1.165) is 4.48 Å². The number of hydrogen-bond donors (Lipinski definition) is 0. The summed E-state index contributed by atoms with van der Waals surface area (Å²) in [6.07, 6.45) is 9.86. The summed E-state index contributed by atoms with van der Waals surface area (Å²) in [5.74, 6) is 0.616. The molecule has 2 atom stereocenters. The van der Waals surface area contributed by atoms with Crippen LogP contribution in [0.4, 0.5) is 0 Å². The number of likely N-dealkylation sites (N-methyl/N-ethyl adjacent to an activating group) is 1. The van der Waals surface area contributed by atoms with Crippen molar-refractivity contribution in [2.24, 2.45) is 11.3 Å². The van der Waals surface area contributed by atoms with E-state index in [1.54, 1.807) is 5.57 Å². The zero-order chi connectivity index (χ0) is 14.0. The molecule has 2 unspecified atom stereocenters. The van der Waals surface area contributed by atoms with Gasteiger partial charge in [-0.25, -0.2) is 0 Å². The monoisotopic (exact) mass is 329 g/mol. The van der Waals surface area contributed by atoms with Crippen molar-refractivity contribution in [1.82, 2.24) is 0 Å². The molecule has 0 bridgehead atoms. The Morgan fingerprint density at radius 2 is 2.00 bits per heavy atom. The molecule has 0 heterocycles. The third-order valence-corrected chi connectivity index (χ3v) is 5.09. The molecular formula is C17H32BrN. The summed E-state index contributed by atoms with van der Waals surface area (Å²) in [6.45, 7) is 12.9. The Hall–Kier alpha value is -0.0800. The van der Waals surface area contributed by atoms with E-state index in [2.05, 4.69) is 66.9 Å². The van der Waals surface area contributed by atoms with Gasteiger partial charge >= 0.3 is 0 Å².